The van der Waals surface area contributed by atoms with Gasteiger partial charge >= 0.3 is 5.97 Å². The van der Waals surface area contributed by atoms with E-state index in [2.05, 4.69) is 5.32 Å². The Bertz CT molecular complexity index is 733. The van der Waals surface area contributed by atoms with Crippen molar-refractivity contribution >= 4 is 29.2 Å². The fourth-order valence-corrected chi connectivity index (χ4v) is 1.88. The van der Waals surface area contributed by atoms with E-state index in [0.29, 0.717) is 0 Å². The van der Waals surface area contributed by atoms with E-state index in [-0.39, 0.29) is 21.8 Å². The van der Waals surface area contributed by atoms with Crippen molar-refractivity contribution in [1.29, 1.82) is 0 Å². The largest absolute Gasteiger partial charge is 0.507 e. The summed E-state index contributed by atoms with van der Waals surface area (Å²) in [4.78, 5) is 22.7. The monoisotopic (exact) mass is 309 g/mol. The molecule has 0 unspecified atom stereocenters. The van der Waals surface area contributed by atoms with Gasteiger partial charge < -0.3 is 15.5 Å². The first-order chi connectivity index (χ1) is 9.90. The second-order valence-electron chi connectivity index (χ2n) is 4.09. The summed E-state index contributed by atoms with van der Waals surface area (Å²) in [5.74, 6) is -3.19. The summed E-state index contributed by atoms with van der Waals surface area (Å²) in [7, 11) is 0. The smallest absolute Gasteiger partial charge is 0.339 e. The molecule has 2 rings (SSSR count). The van der Waals surface area contributed by atoms with Crippen LogP contribution in [0.5, 0.6) is 5.75 Å². The first-order valence-electron chi connectivity index (χ1n) is 5.72. The number of hydrogen-bond acceptors (Lipinski definition) is 3. The molecule has 0 aliphatic carbocycles. The maximum absolute atomic E-state index is 13.3. The molecule has 0 aromatic heterocycles. The van der Waals surface area contributed by atoms with Crippen molar-refractivity contribution in [1.82, 2.24) is 0 Å². The van der Waals surface area contributed by atoms with Gasteiger partial charge in [-0.1, -0.05) is 17.7 Å². The quantitative estimate of drug-likeness (QED) is 0.813. The van der Waals surface area contributed by atoms with Crippen LogP contribution in [-0.4, -0.2) is 22.1 Å². The number of halogens is 2. The first-order valence-corrected chi connectivity index (χ1v) is 6.09. The second kappa shape index (κ2) is 5.80. The van der Waals surface area contributed by atoms with Crippen LogP contribution in [0.1, 0.15) is 20.7 Å². The van der Waals surface area contributed by atoms with Crippen molar-refractivity contribution in [3.8, 4) is 5.75 Å². The van der Waals surface area contributed by atoms with Gasteiger partial charge in [0.1, 0.15) is 17.1 Å². The van der Waals surface area contributed by atoms with Gasteiger partial charge in [-0.05, 0) is 24.3 Å². The van der Waals surface area contributed by atoms with Crippen molar-refractivity contribution < 1.29 is 24.2 Å². The third kappa shape index (κ3) is 3.11. The number of hydrogen-bond donors (Lipinski definition) is 3. The molecular formula is C14H9ClFNO4. The number of carbonyl (C=O) groups is 2. The van der Waals surface area contributed by atoms with Crippen molar-refractivity contribution in [2.24, 2.45) is 0 Å². The number of aromatic carboxylic acids is 1. The number of carboxylic acid groups (broad SMARTS) is 1. The molecule has 2 aromatic carbocycles. The molecule has 5 nitrogen and oxygen atoms in total. The average Bonchev–Trinajstić information content (AvgIpc) is 2.41. The van der Waals surface area contributed by atoms with Crippen LogP contribution in [0.3, 0.4) is 0 Å². The lowest BCUT2D eigenvalue weighted by Crippen LogP contribution is -2.13. The Morgan fingerprint density at radius 1 is 1.14 bits per heavy atom. The summed E-state index contributed by atoms with van der Waals surface area (Å²) >= 11 is 5.69. The highest BCUT2D eigenvalue weighted by Crippen LogP contribution is 2.24. The van der Waals surface area contributed by atoms with Crippen molar-refractivity contribution in [2.45, 2.75) is 0 Å². The molecule has 108 valence electrons. The number of anilines is 1. The third-order valence-electron chi connectivity index (χ3n) is 2.68. The normalized spacial score (nSPS) is 10.2. The predicted molar refractivity (Wildman–Crippen MR) is 74.4 cm³/mol. The zero-order valence-electron chi connectivity index (χ0n) is 10.4. The second-order valence-corrected chi connectivity index (χ2v) is 4.47. The van der Waals surface area contributed by atoms with Gasteiger partial charge in [-0.2, -0.15) is 0 Å². The molecule has 7 heteroatoms. The van der Waals surface area contributed by atoms with Gasteiger partial charge in [0.15, 0.2) is 0 Å². The molecule has 0 saturated carbocycles. The number of benzene rings is 2. The Morgan fingerprint density at radius 2 is 1.86 bits per heavy atom. The Hall–Kier alpha value is -2.60. The lowest BCUT2D eigenvalue weighted by atomic mass is 10.1. The third-order valence-corrected chi connectivity index (χ3v) is 3.07. The molecule has 0 radical (unpaired) electrons. The van der Waals surface area contributed by atoms with Crippen LogP contribution in [0.25, 0.3) is 0 Å². The molecule has 0 spiro atoms. The van der Waals surface area contributed by atoms with E-state index in [1.54, 1.807) is 0 Å². The number of nitrogens with one attached hydrogen (secondary N) is 1. The van der Waals surface area contributed by atoms with Gasteiger partial charge in [-0.3, -0.25) is 4.79 Å². The highest BCUT2D eigenvalue weighted by atomic mass is 35.5. The summed E-state index contributed by atoms with van der Waals surface area (Å²) in [6.07, 6.45) is 0. The lowest BCUT2D eigenvalue weighted by molar-refractivity contribution is 0.0693. The van der Waals surface area contributed by atoms with Gasteiger partial charge in [0.2, 0.25) is 0 Å². The number of rotatable bonds is 3. The van der Waals surface area contributed by atoms with Crippen molar-refractivity contribution in [2.75, 3.05) is 5.32 Å². The first kappa shape index (κ1) is 14.8. The van der Waals surface area contributed by atoms with Crippen LogP contribution in [0.4, 0.5) is 10.1 Å². The van der Waals surface area contributed by atoms with Crippen LogP contribution >= 0.6 is 11.6 Å². The summed E-state index contributed by atoms with van der Waals surface area (Å²) < 4.78 is 13.3. The van der Waals surface area contributed by atoms with Gasteiger partial charge in [0.05, 0.1) is 10.6 Å². The Kier molecular flexibility index (Phi) is 4.09. The van der Waals surface area contributed by atoms with Crippen molar-refractivity contribution in [3.05, 3.63) is 58.4 Å². The van der Waals surface area contributed by atoms with E-state index in [1.165, 1.54) is 18.2 Å². The van der Waals surface area contributed by atoms with E-state index in [9.17, 15) is 19.1 Å². The van der Waals surface area contributed by atoms with Crippen LogP contribution < -0.4 is 5.32 Å². The molecule has 0 atom stereocenters. The maximum Gasteiger partial charge on any atom is 0.339 e. The molecular weight excluding hydrogens is 301 g/mol. The zero-order valence-corrected chi connectivity index (χ0v) is 11.2. The fourth-order valence-electron chi connectivity index (χ4n) is 1.67. The van der Waals surface area contributed by atoms with Gasteiger partial charge in [-0.25, -0.2) is 9.18 Å². The minimum Gasteiger partial charge on any atom is -0.507 e. The SMILES string of the molecule is O=C(O)c1ccc(NC(=O)c2cccc(F)c2Cl)cc1O. The van der Waals surface area contributed by atoms with Gasteiger partial charge in [-0.15, -0.1) is 0 Å². The number of amides is 1. The van der Waals surface area contributed by atoms with Crippen LogP contribution in [0.2, 0.25) is 5.02 Å². The topological polar surface area (TPSA) is 86.6 Å². The zero-order chi connectivity index (χ0) is 15.6. The summed E-state index contributed by atoms with van der Waals surface area (Å²) in [6.45, 7) is 0. The minimum absolute atomic E-state index is 0.0709. The summed E-state index contributed by atoms with van der Waals surface area (Å²) in [5.41, 5.74) is -0.210. The van der Waals surface area contributed by atoms with E-state index in [0.717, 1.165) is 18.2 Å². The van der Waals surface area contributed by atoms with Crippen LogP contribution in [0, 0.1) is 5.82 Å². The van der Waals surface area contributed by atoms with Gasteiger partial charge in [0.25, 0.3) is 5.91 Å². The molecule has 21 heavy (non-hydrogen) atoms. The average molecular weight is 310 g/mol. The Morgan fingerprint density at radius 3 is 2.48 bits per heavy atom. The number of carbonyl (C=O) groups excluding carboxylic acids is 1. The predicted octanol–water partition coefficient (Wildman–Crippen LogP) is 3.14. The molecule has 0 saturated heterocycles. The van der Waals surface area contributed by atoms with Gasteiger partial charge in [0, 0.05) is 11.8 Å². The van der Waals surface area contributed by atoms with E-state index < -0.39 is 23.4 Å². The Balaban J connectivity index is 2.26. The van der Waals surface area contributed by atoms with Crippen molar-refractivity contribution in [3.63, 3.8) is 0 Å². The fraction of sp³-hybridized carbons (Fsp3) is 0. The lowest BCUT2D eigenvalue weighted by Gasteiger charge is -2.08. The molecule has 3 N–H and O–H groups in total. The summed E-state index contributed by atoms with van der Waals surface area (Å²) in [6, 6.07) is 7.31. The van der Waals surface area contributed by atoms with E-state index in [4.69, 9.17) is 16.7 Å². The molecule has 1 amide bonds. The highest BCUT2D eigenvalue weighted by Gasteiger charge is 2.15. The van der Waals surface area contributed by atoms with E-state index >= 15 is 0 Å². The molecule has 0 aliphatic rings. The number of carboxylic acids is 1. The van der Waals surface area contributed by atoms with E-state index in [1.807, 2.05) is 0 Å². The minimum atomic E-state index is -1.29. The number of aromatic hydroxyl groups is 1. The molecule has 0 aliphatic heterocycles. The standard InChI is InChI=1S/C14H9ClFNO4/c15-12-9(2-1-3-10(12)16)13(19)17-7-4-5-8(14(20)21)11(18)6-7/h1-6,18H,(H,17,19)(H,20,21). The molecule has 0 fully saturated rings. The molecule has 0 heterocycles. The molecule has 0 bridgehead atoms. The maximum atomic E-state index is 13.3. The van der Waals surface area contributed by atoms with Crippen LogP contribution in [-0.2, 0) is 0 Å². The van der Waals surface area contributed by atoms with Crippen LogP contribution in [0.15, 0.2) is 36.4 Å². The Labute approximate surface area is 123 Å². The number of phenols is 1. The molecule has 2 aromatic rings. The summed E-state index contributed by atoms with van der Waals surface area (Å²) in [5, 5.41) is 20.4. The highest BCUT2D eigenvalue weighted by molar-refractivity contribution is 6.34.